The number of carbonyl (C=O) groups excluding carboxylic acids is 1. The summed E-state index contributed by atoms with van der Waals surface area (Å²) in [5.74, 6) is 2.17. The molecule has 1 heterocycles. The molecule has 0 aliphatic carbocycles. The molecule has 0 radical (unpaired) electrons. The molecule has 152 valence electrons. The lowest BCUT2D eigenvalue weighted by molar-refractivity contribution is -0.121. The summed E-state index contributed by atoms with van der Waals surface area (Å²) in [6.07, 6.45) is 1.78. The van der Waals surface area contributed by atoms with Gasteiger partial charge in [0.15, 0.2) is 16.7 Å². The molecule has 0 saturated carbocycles. The normalized spacial score (nSPS) is 16.4. The van der Waals surface area contributed by atoms with E-state index >= 15 is 0 Å². The number of ether oxygens (including phenoxy) is 4. The van der Waals surface area contributed by atoms with E-state index in [0.29, 0.717) is 27.3 Å². The fraction of sp³-hybridized carbons (Fsp3) is 0.238. The van der Waals surface area contributed by atoms with E-state index in [1.54, 1.807) is 53.7 Å². The predicted octanol–water partition coefficient (Wildman–Crippen LogP) is 3.95. The molecule has 1 amide bonds. The SMILES string of the molecule is COc1ccc(N=C2SC(=Cc3cc(OC)c(OC)c(OC)c3)C(=O)N2C)cc1. The number of amidine groups is 1. The van der Waals surface area contributed by atoms with E-state index in [2.05, 4.69) is 4.99 Å². The number of hydrogen-bond donors (Lipinski definition) is 0. The maximum absolute atomic E-state index is 12.7. The van der Waals surface area contributed by atoms with Gasteiger partial charge in [-0.2, -0.15) is 0 Å². The summed E-state index contributed by atoms with van der Waals surface area (Å²) in [6.45, 7) is 0. The van der Waals surface area contributed by atoms with Crippen molar-refractivity contribution in [2.75, 3.05) is 35.5 Å². The van der Waals surface area contributed by atoms with Crippen LogP contribution in [0.5, 0.6) is 23.0 Å². The Hall–Kier alpha value is -3.13. The van der Waals surface area contributed by atoms with Gasteiger partial charge in [0.25, 0.3) is 5.91 Å². The van der Waals surface area contributed by atoms with E-state index in [0.717, 1.165) is 17.0 Å². The Morgan fingerprint density at radius 3 is 2.07 bits per heavy atom. The summed E-state index contributed by atoms with van der Waals surface area (Å²) in [7, 11) is 7.97. The molecule has 29 heavy (non-hydrogen) atoms. The lowest BCUT2D eigenvalue weighted by atomic mass is 10.1. The van der Waals surface area contributed by atoms with Crippen molar-refractivity contribution in [3.05, 3.63) is 46.9 Å². The molecule has 2 aromatic rings. The minimum absolute atomic E-state index is 0.129. The van der Waals surface area contributed by atoms with E-state index in [1.807, 2.05) is 24.3 Å². The topological polar surface area (TPSA) is 69.6 Å². The molecule has 1 aliphatic heterocycles. The third-order valence-corrected chi connectivity index (χ3v) is 5.35. The molecule has 0 bridgehead atoms. The molecule has 1 fully saturated rings. The van der Waals surface area contributed by atoms with Gasteiger partial charge < -0.3 is 18.9 Å². The molecule has 2 aromatic carbocycles. The third-order valence-electron chi connectivity index (χ3n) is 4.29. The van der Waals surface area contributed by atoms with Crippen molar-refractivity contribution < 1.29 is 23.7 Å². The van der Waals surface area contributed by atoms with E-state index in [4.69, 9.17) is 18.9 Å². The van der Waals surface area contributed by atoms with Crippen LogP contribution in [0, 0.1) is 0 Å². The highest BCUT2D eigenvalue weighted by atomic mass is 32.2. The van der Waals surface area contributed by atoms with E-state index < -0.39 is 0 Å². The van der Waals surface area contributed by atoms with Crippen LogP contribution < -0.4 is 18.9 Å². The molecule has 0 atom stereocenters. The number of nitrogens with zero attached hydrogens (tertiary/aromatic N) is 2. The van der Waals surface area contributed by atoms with Crippen LogP contribution in [-0.4, -0.2) is 51.5 Å². The number of benzene rings is 2. The second-order valence-electron chi connectivity index (χ2n) is 6.03. The third kappa shape index (κ3) is 4.32. The summed E-state index contributed by atoms with van der Waals surface area (Å²) < 4.78 is 21.3. The van der Waals surface area contributed by atoms with Crippen LogP contribution in [0.2, 0.25) is 0 Å². The fourth-order valence-corrected chi connectivity index (χ4v) is 3.74. The van der Waals surface area contributed by atoms with E-state index in [-0.39, 0.29) is 5.91 Å². The number of rotatable bonds is 6. The number of hydrogen-bond acceptors (Lipinski definition) is 7. The molecule has 3 rings (SSSR count). The monoisotopic (exact) mass is 414 g/mol. The lowest BCUT2D eigenvalue weighted by Gasteiger charge is -2.13. The first-order valence-electron chi connectivity index (χ1n) is 8.71. The van der Waals surface area contributed by atoms with Gasteiger partial charge in [0.1, 0.15) is 5.75 Å². The van der Waals surface area contributed by atoms with Crippen LogP contribution in [0.15, 0.2) is 46.3 Å². The summed E-state index contributed by atoms with van der Waals surface area (Å²) >= 11 is 1.31. The first-order chi connectivity index (χ1) is 14.0. The van der Waals surface area contributed by atoms with Gasteiger partial charge in [0, 0.05) is 7.05 Å². The molecule has 7 nitrogen and oxygen atoms in total. The zero-order valence-electron chi connectivity index (χ0n) is 16.9. The molecule has 0 spiro atoms. The standard InChI is InChI=1S/C21H22N2O5S/c1-23-20(24)18(29-21(23)22-14-6-8-15(25-2)9-7-14)12-13-10-16(26-3)19(28-5)17(11-13)27-4/h6-12H,1-5H3. The minimum atomic E-state index is -0.129. The number of methoxy groups -OCH3 is 4. The highest BCUT2D eigenvalue weighted by molar-refractivity contribution is 8.18. The van der Waals surface area contributed by atoms with Gasteiger partial charge in [-0.3, -0.25) is 9.69 Å². The highest BCUT2D eigenvalue weighted by Gasteiger charge is 2.30. The second kappa shape index (κ2) is 8.91. The van der Waals surface area contributed by atoms with Crippen molar-refractivity contribution in [3.63, 3.8) is 0 Å². The zero-order chi connectivity index (χ0) is 21.0. The second-order valence-corrected chi connectivity index (χ2v) is 7.03. The van der Waals surface area contributed by atoms with Crippen LogP contribution in [0.4, 0.5) is 5.69 Å². The van der Waals surface area contributed by atoms with Gasteiger partial charge in [0.2, 0.25) is 5.75 Å². The Morgan fingerprint density at radius 2 is 1.55 bits per heavy atom. The maximum atomic E-state index is 12.7. The number of amides is 1. The molecular formula is C21H22N2O5S. The molecule has 0 aromatic heterocycles. The van der Waals surface area contributed by atoms with Crippen molar-refractivity contribution in [3.8, 4) is 23.0 Å². The van der Waals surface area contributed by atoms with Crippen LogP contribution in [-0.2, 0) is 4.79 Å². The van der Waals surface area contributed by atoms with Gasteiger partial charge in [0.05, 0.1) is 39.0 Å². The molecular weight excluding hydrogens is 392 g/mol. The highest BCUT2D eigenvalue weighted by Crippen LogP contribution is 2.40. The van der Waals surface area contributed by atoms with Crippen molar-refractivity contribution in [1.82, 2.24) is 4.90 Å². The molecule has 1 saturated heterocycles. The van der Waals surface area contributed by atoms with Crippen LogP contribution in [0.1, 0.15) is 5.56 Å². The summed E-state index contributed by atoms with van der Waals surface area (Å²) in [5, 5.41) is 0.596. The Balaban J connectivity index is 1.92. The van der Waals surface area contributed by atoms with Crippen LogP contribution in [0.25, 0.3) is 6.08 Å². The Labute approximate surface area is 173 Å². The smallest absolute Gasteiger partial charge is 0.266 e. The van der Waals surface area contributed by atoms with E-state index in [1.165, 1.54) is 16.7 Å². The molecule has 0 N–H and O–H groups in total. The molecule has 8 heteroatoms. The van der Waals surface area contributed by atoms with Gasteiger partial charge in [-0.15, -0.1) is 0 Å². The largest absolute Gasteiger partial charge is 0.497 e. The Bertz CT molecular complexity index is 945. The first kappa shape index (κ1) is 20.6. The number of likely N-dealkylation sites (N-methyl/N-ethyl adjacent to an activating group) is 1. The minimum Gasteiger partial charge on any atom is -0.497 e. The number of carbonyl (C=O) groups is 1. The number of thioether (sulfide) groups is 1. The first-order valence-corrected chi connectivity index (χ1v) is 9.52. The Morgan fingerprint density at radius 1 is 0.931 bits per heavy atom. The average molecular weight is 414 g/mol. The Kier molecular flexibility index (Phi) is 6.33. The van der Waals surface area contributed by atoms with Gasteiger partial charge in [-0.1, -0.05) is 0 Å². The predicted molar refractivity (Wildman–Crippen MR) is 115 cm³/mol. The number of aliphatic imine (C=N–C) groups is 1. The summed E-state index contributed by atoms with van der Waals surface area (Å²) in [4.78, 5) is 19.3. The van der Waals surface area contributed by atoms with Crippen LogP contribution in [0.3, 0.4) is 0 Å². The van der Waals surface area contributed by atoms with Crippen molar-refractivity contribution in [2.24, 2.45) is 4.99 Å². The van der Waals surface area contributed by atoms with Crippen LogP contribution >= 0.6 is 11.8 Å². The zero-order valence-corrected chi connectivity index (χ0v) is 17.7. The lowest BCUT2D eigenvalue weighted by Crippen LogP contribution is -2.23. The van der Waals surface area contributed by atoms with Gasteiger partial charge in [-0.25, -0.2) is 4.99 Å². The van der Waals surface area contributed by atoms with Crippen molar-refractivity contribution in [1.29, 1.82) is 0 Å². The fourth-order valence-electron chi connectivity index (χ4n) is 2.75. The summed E-state index contributed by atoms with van der Waals surface area (Å²) in [5.41, 5.74) is 1.50. The average Bonchev–Trinajstić information content (AvgIpc) is 3.01. The van der Waals surface area contributed by atoms with Crippen molar-refractivity contribution in [2.45, 2.75) is 0 Å². The molecule has 1 aliphatic rings. The quantitative estimate of drug-likeness (QED) is 0.667. The van der Waals surface area contributed by atoms with Gasteiger partial charge >= 0.3 is 0 Å². The maximum Gasteiger partial charge on any atom is 0.266 e. The molecule has 0 unspecified atom stereocenters. The van der Waals surface area contributed by atoms with Gasteiger partial charge in [-0.05, 0) is 59.8 Å². The van der Waals surface area contributed by atoms with E-state index in [9.17, 15) is 4.79 Å². The summed E-state index contributed by atoms with van der Waals surface area (Å²) in [6, 6.07) is 10.9. The van der Waals surface area contributed by atoms with Crippen molar-refractivity contribution >= 4 is 34.6 Å².